The van der Waals surface area contributed by atoms with Gasteiger partial charge in [-0.3, -0.25) is 0 Å². The molecule has 0 aliphatic heterocycles. The maximum absolute atomic E-state index is 8.70. The van der Waals surface area contributed by atoms with E-state index in [0.717, 1.165) is 22.5 Å². The maximum atomic E-state index is 8.70. The first kappa shape index (κ1) is 7.44. The van der Waals surface area contributed by atoms with Gasteiger partial charge in [0.25, 0.3) is 0 Å². The van der Waals surface area contributed by atoms with Crippen LogP contribution in [-0.2, 0) is 0 Å². The molecule has 0 spiro atoms. The van der Waals surface area contributed by atoms with Crippen LogP contribution in [0.3, 0.4) is 0 Å². The Balaban J connectivity index is 3.09. The van der Waals surface area contributed by atoms with E-state index in [4.69, 9.17) is 10.3 Å². The molecule has 0 aliphatic carbocycles. The number of nitrogen functional groups attached to an aromatic ring is 1. The monoisotopic (exact) mass is 155 g/mol. The quantitative estimate of drug-likeness (QED) is 0.482. The molecule has 2 nitrogen and oxygen atoms in total. The average molecular weight is 155 g/mol. The molecule has 0 fully saturated rings. The van der Waals surface area contributed by atoms with Crippen molar-refractivity contribution >= 4 is 17.7 Å². The minimum absolute atomic E-state index is 0.683. The first-order valence-corrected chi connectivity index (χ1v) is 3.69. The molecule has 0 amide bonds. The second kappa shape index (κ2) is 2.94. The van der Waals surface area contributed by atoms with E-state index in [1.807, 2.05) is 19.1 Å². The van der Waals surface area contributed by atoms with Gasteiger partial charge < -0.3 is 10.3 Å². The van der Waals surface area contributed by atoms with Crippen LogP contribution >= 0.6 is 12.0 Å². The molecule has 1 aromatic rings. The number of anilines is 1. The fraction of sp³-hybridized carbons (Fsp3) is 0.143. The Hall–Kier alpha value is -0.670. The fourth-order valence-corrected chi connectivity index (χ4v) is 1.12. The average Bonchev–Trinajstić information content (AvgIpc) is 1.94. The number of hydrogen-bond donors (Lipinski definition) is 2. The molecular formula is C7H9NOS. The Kier molecular flexibility index (Phi) is 2.19. The van der Waals surface area contributed by atoms with E-state index in [2.05, 4.69) is 0 Å². The molecule has 3 N–H and O–H groups in total. The summed E-state index contributed by atoms with van der Waals surface area (Å²) in [7, 11) is 0. The van der Waals surface area contributed by atoms with Gasteiger partial charge in [-0.2, -0.15) is 0 Å². The largest absolute Gasteiger partial charge is 0.399 e. The van der Waals surface area contributed by atoms with Crippen molar-refractivity contribution in [2.24, 2.45) is 0 Å². The molecule has 0 aromatic heterocycles. The molecule has 1 aromatic carbocycles. The van der Waals surface area contributed by atoms with Crippen LogP contribution in [-0.4, -0.2) is 4.55 Å². The Morgan fingerprint density at radius 3 is 2.70 bits per heavy atom. The second-order valence-electron chi connectivity index (χ2n) is 2.12. The van der Waals surface area contributed by atoms with Gasteiger partial charge >= 0.3 is 0 Å². The molecule has 1 rings (SSSR count). The predicted octanol–water partition coefficient (Wildman–Crippen LogP) is 2.14. The highest BCUT2D eigenvalue weighted by Gasteiger charge is 1.96. The zero-order valence-corrected chi connectivity index (χ0v) is 6.48. The zero-order valence-electron chi connectivity index (χ0n) is 5.66. The van der Waals surface area contributed by atoms with Crippen molar-refractivity contribution in [3.8, 4) is 0 Å². The molecule has 0 unspecified atom stereocenters. The van der Waals surface area contributed by atoms with E-state index >= 15 is 0 Å². The van der Waals surface area contributed by atoms with Crippen molar-refractivity contribution in [3.05, 3.63) is 23.8 Å². The summed E-state index contributed by atoms with van der Waals surface area (Å²) >= 11 is 0.730. The number of rotatable bonds is 1. The van der Waals surface area contributed by atoms with Crippen LogP contribution < -0.4 is 5.73 Å². The van der Waals surface area contributed by atoms with Crippen LogP contribution in [0.15, 0.2) is 23.1 Å². The lowest BCUT2D eigenvalue weighted by molar-refractivity contribution is 0.663. The smallest absolute Gasteiger partial charge is 0.0400 e. The lowest BCUT2D eigenvalue weighted by Crippen LogP contribution is -1.86. The molecule has 0 bridgehead atoms. The first-order chi connectivity index (χ1) is 4.74. The molecule has 0 heterocycles. The molecule has 0 saturated carbocycles. The minimum atomic E-state index is 0.683. The van der Waals surface area contributed by atoms with Gasteiger partial charge in [0.2, 0.25) is 0 Å². The highest BCUT2D eigenvalue weighted by atomic mass is 32.2. The van der Waals surface area contributed by atoms with Gasteiger partial charge in [-0.15, -0.1) is 0 Å². The van der Waals surface area contributed by atoms with Crippen LogP contribution in [0.5, 0.6) is 0 Å². The van der Waals surface area contributed by atoms with Gasteiger partial charge in [0, 0.05) is 22.6 Å². The van der Waals surface area contributed by atoms with Crippen LogP contribution in [0.4, 0.5) is 5.69 Å². The van der Waals surface area contributed by atoms with E-state index in [1.165, 1.54) is 0 Å². The maximum Gasteiger partial charge on any atom is 0.0400 e. The summed E-state index contributed by atoms with van der Waals surface area (Å²) in [6.07, 6.45) is 0. The molecule has 0 saturated heterocycles. The van der Waals surface area contributed by atoms with Gasteiger partial charge in [-0.1, -0.05) is 6.07 Å². The second-order valence-corrected chi connectivity index (χ2v) is 2.74. The molecule has 0 radical (unpaired) electrons. The van der Waals surface area contributed by atoms with E-state index in [1.54, 1.807) is 6.07 Å². The van der Waals surface area contributed by atoms with E-state index in [9.17, 15) is 0 Å². The lowest BCUT2D eigenvalue weighted by Gasteiger charge is -2.00. The van der Waals surface area contributed by atoms with Crippen molar-refractivity contribution in [2.75, 3.05) is 5.73 Å². The normalized spacial score (nSPS) is 9.80. The number of nitrogens with two attached hydrogens (primary N) is 1. The van der Waals surface area contributed by atoms with Crippen LogP contribution in [0.1, 0.15) is 5.56 Å². The van der Waals surface area contributed by atoms with Crippen molar-refractivity contribution in [2.45, 2.75) is 11.8 Å². The molecule has 0 atom stereocenters. The Labute approximate surface area is 64.3 Å². The van der Waals surface area contributed by atoms with Crippen LogP contribution in [0.2, 0.25) is 0 Å². The first-order valence-electron chi connectivity index (χ1n) is 2.91. The Bertz CT molecular complexity index is 237. The fourth-order valence-electron chi connectivity index (χ4n) is 0.715. The molecule has 3 heteroatoms. The summed E-state index contributed by atoms with van der Waals surface area (Å²) in [4.78, 5) is 0.819. The van der Waals surface area contributed by atoms with Gasteiger partial charge in [-0.25, -0.2) is 0 Å². The standard InChI is InChI=1S/C7H9NOS/c1-5-2-3-6(8)4-7(5)10-9/h2-4,9H,8H2,1H3. The van der Waals surface area contributed by atoms with Crippen molar-refractivity contribution in [3.63, 3.8) is 0 Å². The lowest BCUT2D eigenvalue weighted by atomic mass is 10.2. The number of aryl methyl sites for hydroxylation is 1. The molecular weight excluding hydrogens is 146 g/mol. The van der Waals surface area contributed by atoms with Crippen molar-refractivity contribution < 1.29 is 4.55 Å². The predicted molar refractivity (Wildman–Crippen MR) is 44.1 cm³/mol. The molecule has 0 aliphatic rings. The van der Waals surface area contributed by atoms with Crippen molar-refractivity contribution in [1.29, 1.82) is 0 Å². The van der Waals surface area contributed by atoms with E-state index in [-0.39, 0.29) is 0 Å². The topological polar surface area (TPSA) is 46.2 Å². The third-order valence-corrected chi connectivity index (χ3v) is 1.95. The molecule has 54 valence electrons. The van der Waals surface area contributed by atoms with Gasteiger partial charge in [0.05, 0.1) is 0 Å². The summed E-state index contributed by atoms with van der Waals surface area (Å²) in [5, 5.41) is 0. The summed E-state index contributed by atoms with van der Waals surface area (Å²) in [6.45, 7) is 1.93. The van der Waals surface area contributed by atoms with Gasteiger partial charge in [0.15, 0.2) is 0 Å². The van der Waals surface area contributed by atoms with Gasteiger partial charge in [-0.05, 0) is 24.6 Å². The number of hydrogen-bond acceptors (Lipinski definition) is 3. The number of benzene rings is 1. The van der Waals surface area contributed by atoms with Crippen LogP contribution in [0.25, 0.3) is 0 Å². The van der Waals surface area contributed by atoms with E-state index < -0.39 is 0 Å². The Morgan fingerprint density at radius 1 is 1.50 bits per heavy atom. The summed E-state index contributed by atoms with van der Waals surface area (Å²) in [5.74, 6) is 0. The highest BCUT2D eigenvalue weighted by Crippen LogP contribution is 2.21. The minimum Gasteiger partial charge on any atom is -0.399 e. The molecule has 10 heavy (non-hydrogen) atoms. The van der Waals surface area contributed by atoms with Crippen molar-refractivity contribution in [1.82, 2.24) is 0 Å². The summed E-state index contributed by atoms with van der Waals surface area (Å²) in [5.41, 5.74) is 7.20. The SMILES string of the molecule is Cc1ccc(N)cc1SO. The summed E-state index contributed by atoms with van der Waals surface area (Å²) in [6, 6.07) is 5.45. The third kappa shape index (κ3) is 1.43. The summed E-state index contributed by atoms with van der Waals surface area (Å²) < 4.78 is 8.70. The van der Waals surface area contributed by atoms with E-state index in [0.29, 0.717) is 5.69 Å². The highest BCUT2D eigenvalue weighted by molar-refractivity contribution is 7.93. The third-order valence-electron chi connectivity index (χ3n) is 1.31. The zero-order chi connectivity index (χ0) is 7.56. The van der Waals surface area contributed by atoms with Crippen LogP contribution in [0, 0.1) is 6.92 Å². The Morgan fingerprint density at radius 2 is 2.20 bits per heavy atom. The van der Waals surface area contributed by atoms with Gasteiger partial charge in [0.1, 0.15) is 0 Å².